The van der Waals surface area contributed by atoms with Crippen LogP contribution in [0.5, 0.6) is 0 Å². The molecule has 0 radical (unpaired) electrons. The highest BCUT2D eigenvalue weighted by Crippen LogP contribution is 2.28. The number of anilines is 1. The number of rotatable bonds is 6. The Morgan fingerprint density at radius 1 is 0.829 bits per heavy atom. The summed E-state index contributed by atoms with van der Waals surface area (Å²) in [5.41, 5.74) is 7.70. The third-order valence-electron chi connectivity index (χ3n) is 6.01. The lowest BCUT2D eigenvalue weighted by molar-refractivity contribution is 0.102. The van der Waals surface area contributed by atoms with Gasteiger partial charge in [-0.25, -0.2) is 4.68 Å². The second kappa shape index (κ2) is 9.43. The first kappa shape index (κ1) is 22.3. The summed E-state index contributed by atoms with van der Waals surface area (Å²) in [6, 6.07) is 29.6. The number of aromatic nitrogens is 4. The van der Waals surface area contributed by atoms with E-state index < -0.39 is 0 Å². The zero-order chi connectivity index (χ0) is 24.4. The summed E-state index contributed by atoms with van der Waals surface area (Å²) in [5, 5.41) is 12.5. The van der Waals surface area contributed by atoms with Crippen molar-refractivity contribution in [2.75, 3.05) is 5.32 Å². The lowest BCUT2D eigenvalue weighted by Gasteiger charge is -2.10. The molecule has 0 saturated carbocycles. The molecule has 35 heavy (non-hydrogen) atoms. The molecule has 5 rings (SSSR count). The number of nitrogens with one attached hydrogen (secondary N) is 1. The number of carbonyl (C=O) groups excluding carboxylic acids is 1. The standard InChI is InChI=1S/C29H27N5O/c1-20-17-21(2)33(31-20)19-23-11-10-14-25(18-23)30-29(35)27-22(3)34(26-15-8-5-9-16-26)32-28(27)24-12-6-4-7-13-24/h4-18H,19H2,1-3H3,(H,30,35). The first-order chi connectivity index (χ1) is 17.0. The minimum absolute atomic E-state index is 0.188. The third-order valence-corrected chi connectivity index (χ3v) is 6.01. The van der Waals surface area contributed by atoms with Crippen molar-refractivity contribution in [3.05, 3.63) is 119 Å². The van der Waals surface area contributed by atoms with Crippen molar-refractivity contribution in [2.45, 2.75) is 27.3 Å². The molecule has 2 heterocycles. The van der Waals surface area contributed by atoms with Gasteiger partial charge in [-0.1, -0.05) is 60.7 Å². The number of amides is 1. The molecular weight excluding hydrogens is 434 g/mol. The van der Waals surface area contributed by atoms with E-state index in [1.165, 1.54) is 0 Å². The Labute approximate surface area is 204 Å². The second-order valence-corrected chi connectivity index (χ2v) is 8.66. The van der Waals surface area contributed by atoms with E-state index in [2.05, 4.69) is 16.5 Å². The monoisotopic (exact) mass is 461 g/mol. The molecule has 2 aromatic heterocycles. The molecule has 6 nitrogen and oxygen atoms in total. The van der Waals surface area contributed by atoms with Gasteiger partial charge < -0.3 is 5.32 Å². The van der Waals surface area contributed by atoms with Gasteiger partial charge in [0.2, 0.25) is 0 Å². The largest absolute Gasteiger partial charge is 0.322 e. The molecule has 174 valence electrons. The predicted octanol–water partition coefficient (Wildman–Crippen LogP) is 5.96. The quantitative estimate of drug-likeness (QED) is 0.339. The molecule has 0 unspecified atom stereocenters. The lowest BCUT2D eigenvalue weighted by atomic mass is 10.1. The zero-order valence-corrected chi connectivity index (χ0v) is 20.1. The number of hydrogen-bond donors (Lipinski definition) is 1. The molecule has 1 amide bonds. The number of carbonyl (C=O) groups is 1. The van der Waals surface area contributed by atoms with Crippen molar-refractivity contribution in [3.63, 3.8) is 0 Å². The van der Waals surface area contributed by atoms with Crippen molar-refractivity contribution in [1.82, 2.24) is 19.6 Å². The van der Waals surface area contributed by atoms with Crippen LogP contribution in [0.1, 0.15) is 33.0 Å². The van der Waals surface area contributed by atoms with Crippen molar-refractivity contribution in [1.29, 1.82) is 0 Å². The van der Waals surface area contributed by atoms with Crippen LogP contribution in [0.4, 0.5) is 5.69 Å². The van der Waals surface area contributed by atoms with Gasteiger partial charge in [0.05, 0.1) is 29.2 Å². The summed E-state index contributed by atoms with van der Waals surface area (Å²) in [7, 11) is 0. The van der Waals surface area contributed by atoms with Crippen LogP contribution in [0.2, 0.25) is 0 Å². The average molecular weight is 462 g/mol. The van der Waals surface area contributed by atoms with E-state index in [4.69, 9.17) is 5.10 Å². The van der Waals surface area contributed by atoms with Crippen LogP contribution in [0.25, 0.3) is 16.9 Å². The first-order valence-corrected chi connectivity index (χ1v) is 11.6. The highest BCUT2D eigenvalue weighted by molar-refractivity contribution is 6.09. The first-order valence-electron chi connectivity index (χ1n) is 11.6. The van der Waals surface area contributed by atoms with Crippen molar-refractivity contribution in [2.24, 2.45) is 0 Å². The van der Waals surface area contributed by atoms with Gasteiger partial charge in [0.25, 0.3) is 5.91 Å². The summed E-state index contributed by atoms with van der Waals surface area (Å²) in [4.78, 5) is 13.6. The Bertz CT molecular complexity index is 1480. The Kier molecular flexibility index (Phi) is 6.02. The minimum Gasteiger partial charge on any atom is -0.322 e. The Morgan fingerprint density at radius 2 is 1.54 bits per heavy atom. The van der Waals surface area contributed by atoms with Crippen LogP contribution in [0, 0.1) is 20.8 Å². The van der Waals surface area contributed by atoms with Crippen LogP contribution in [0.3, 0.4) is 0 Å². The maximum absolute atomic E-state index is 13.6. The fraction of sp³-hybridized carbons (Fsp3) is 0.138. The van der Waals surface area contributed by atoms with Crippen LogP contribution >= 0.6 is 0 Å². The topological polar surface area (TPSA) is 64.7 Å². The van der Waals surface area contributed by atoms with Crippen molar-refractivity contribution >= 4 is 11.6 Å². The Morgan fingerprint density at radius 3 is 2.23 bits per heavy atom. The smallest absolute Gasteiger partial charge is 0.259 e. The molecule has 0 atom stereocenters. The normalized spacial score (nSPS) is 10.9. The Balaban J connectivity index is 1.49. The van der Waals surface area contributed by atoms with Gasteiger partial charge in [0, 0.05) is 16.9 Å². The highest BCUT2D eigenvalue weighted by atomic mass is 16.1. The van der Waals surface area contributed by atoms with Gasteiger partial charge in [0.15, 0.2) is 0 Å². The van der Waals surface area contributed by atoms with E-state index >= 15 is 0 Å². The number of benzene rings is 3. The SMILES string of the molecule is Cc1cc(C)n(Cc2cccc(NC(=O)c3c(-c4ccccc4)nn(-c4ccccc4)c3C)c2)n1. The molecule has 1 N–H and O–H groups in total. The fourth-order valence-corrected chi connectivity index (χ4v) is 4.34. The third kappa shape index (κ3) is 4.64. The molecule has 6 heteroatoms. The maximum atomic E-state index is 13.6. The molecule has 0 spiro atoms. The molecule has 0 aliphatic heterocycles. The molecule has 5 aromatic rings. The summed E-state index contributed by atoms with van der Waals surface area (Å²) >= 11 is 0. The number of nitrogens with zero attached hydrogens (tertiary/aromatic N) is 4. The summed E-state index contributed by atoms with van der Waals surface area (Å²) < 4.78 is 3.80. The second-order valence-electron chi connectivity index (χ2n) is 8.66. The van der Waals surface area contributed by atoms with Crippen LogP contribution in [0.15, 0.2) is 91.0 Å². The summed E-state index contributed by atoms with van der Waals surface area (Å²) in [5.74, 6) is -0.188. The van der Waals surface area contributed by atoms with Gasteiger partial charge in [0.1, 0.15) is 5.69 Å². The fourth-order valence-electron chi connectivity index (χ4n) is 4.34. The maximum Gasteiger partial charge on any atom is 0.259 e. The van der Waals surface area contributed by atoms with Crippen LogP contribution < -0.4 is 5.32 Å². The predicted molar refractivity (Wildman–Crippen MR) is 139 cm³/mol. The number of hydrogen-bond acceptors (Lipinski definition) is 3. The van der Waals surface area contributed by atoms with E-state index in [-0.39, 0.29) is 5.91 Å². The zero-order valence-electron chi connectivity index (χ0n) is 20.1. The molecular formula is C29H27N5O. The molecule has 3 aromatic carbocycles. The number of aryl methyl sites for hydroxylation is 2. The van der Waals surface area contributed by atoms with Gasteiger partial charge >= 0.3 is 0 Å². The van der Waals surface area contributed by atoms with Gasteiger partial charge in [-0.15, -0.1) is 0 Å². The van der Waals surface area contributed by atoms with E-state index in [0.717, 1.165) is 39.6 Å². The van der Waals surface area contributed by atoms with Gasteiger partial charge in [-0.05, 0) is 56.7 Å². The molecule has 0 aliphatic carbocycles. The molecule has 0 fully saturated rings. The van der Waals surface area contributed by atoms with Gasteiger partial charge in [-0.2, -0.15) is 10.2 Å². The van der Waals surface area contributed by atoms with E-state index in [0.29, 0.717) is 17.8 Å². The van der Waals surface area contributed by atoms with Crippen molar-refractivity contribution in [3.8, 4) is 16.9 Å². The van der Waals surface area contributed by atoms with E-state index in [1.807, 2.05) is 115 Å². The van der Waals surface area contributed by atoms with Crippen LogP contribution in [-0.2, 0) is 6.54 Å². The van der Waals surface area contributed by atoms with Crippen LogP contribution in [-0.4, -0.2) is 25.5 Å². The van der Waals surface area contributed by atoms with Gasteiger partial charge in [-0.3, -0.25) is 9.48 Å². The molecule has 0 saturated heterocycles. The lowest BCUT2D eigenvalue weighted by Crippen LogP contribution is -2.14. The summed E-state index contributed by atoms with van der Waals surface area (Å²) in [6.45, 7) is 6.61. The van der Waals surface area contributed by atoms with Crippen molar-refractivity contribution < 1.29 is 4.79 Å². The number of para-hydroxylation sites is 1. The van der Waals surface area contributed by atoms with E-state index in [1.54, 1.807) is 0 Å². The average Bonchev–Trinajstić information content (AvgIpc) is 3.38. The Hall–Kier alpha value is -4.45. The summed E-state index contributed by atoms with van der Waals surface area (Å²) in [6.07, 6.45) is 0. The minimum atomic E-state index is -0.188. The van der Waals surface area contributed by atoms with E-state index in [9.17, 15) is 4.79 Å². The highest BCUT2D eigenvalue weighted by Gasteiger charge is 2.23. The molecule has 0 bridgehead atoms. The molecule has 0 aliphatic rings.